The van der Waals surface area contributed by atoms with Gasteiger partial charge in [0, 0.05) is 36.7 Å². The Morgan fingerprint density at radius 1 is 0.968 bits per heavy atom. The summed E-state index contributed by atoms with van der Waals surface area (Å²) in [5.74, 6) is -0.667. The fraction of sp³-hybridized carbons (Fsp3) is 0.0500. The van der Waals surface area contributed by atoms with Crippen molar-refractivity contribution in [3.63, 3.8) is 0 Å². The second-order valence-electron chi connectivity index (χ2n) is 6.49. The molecule has 0 unspecified atom stereocenters. The molecule has 0 bridgehead atoms. The number of nitrogens with one attached hydrogen (secondary N) is 2. The van der Waals surface area contributed by atoms with E-state index < -0.39 is 21.5 Å². The van der Waals surface area contributed by atoms with E-state index in [0.29, 0.717) is 16.7 Å². The van der Waals surface area contributed by atoms with Gasteiger partial charge in [-0.25, -0.2) is 28.1 Å². The van der Waals surface area contributed by atoms with Crippen molar-refractivity contribution in [2.75, 3.05) is 10.0 Å². The molecule has 4 rings (SSSR count). The second-order valence-corrected chi connectivity index (χ2v) is 8.18. The normalized spacial score (nSPS) is 11.3. The third-order valence-corrected chi connectivity index (χ3v) is 5.77. The molecular weight excluding hydrogens is 420 g/mol. The van der Waals surface area contributed by atoms with Crippen molar-refractivity contribution in [2.24, 2.45) is 7.05 Å². The molecule has 1 aromatic carbocycles. The van der Waals surface area contributed by atoms with Crippen LogP contribution >= 0.6 is 0 Å². The number of fused-ring (bicyclic) bond motifs is 1. The first kappa shape index (κ1) is 20.2. The van der Waals surface area contributed by atoms with E-state index in [-0.39, 0.29) is 16.4 Å². The number of carbonyl (C=O) groups excluding carboxylic acids is 1. The number of amides is 1. The third kappa shape index (κ3) is 4.12. The van der Waals surface area contributed by atoms with Crippen molar-refractivity contribution in [3.8, 4) is 0 Å². The SMILES string of the molecule is Cn1c(=O)c(C(=O)Nc2ccc(S(=O)(=O)Nc3ncccn3)cc2)cc2cccnc21. The lowest BCUT2D eigenvalue weighted by molar-refractivity contribution is 0.102. The van der Waals surface area contributed by atoms with E-state index in [4.69, 9.17) is 0 Å². The van der Waals surface area contributed by atoms with Crippen LogP contribution in [0, 0.1) is 0 Å². The average Bonchev–Trinajstić information content (AvgIpc) is 2.77. The average molecular weight is 436 g/mol. The van der Waals surface area contributed by atoms with Crippen LogP contribution in [0.1, 0.15) is 10.4 Å². The molecule has 2 N–H and O–H groups in total. The molecule has 4 aromatic rings. The maximum atomic E-state index is 12.7. The first-order chi connectivity index (χ1) is 14.8. The molecule has 0 saturated heterocycles. The van der Waals surface area contributed by atoms with Gasteiger partial charge in [0.2, 0.25) is 5.95 Å². The van der Waals surface area contributed by atoms with E-state index >= 15 is 0 Å². The number of sulfonamides is 1. The van der Waals surface area contributed by atoms with E-state index in [9.17, 15) is 18.0 Å². The van der Waals surface area contributed by atoms with Crippen LogP contribution in [0.3, 0.4) is 0 Å². The molecule has 3 heterocycles. The van der Waals surface area contributed by atoms with Crippen LogP contribution in [-0.4, -0.2) is 33.8 Å². The molecule has 0 spiro atoms. The molecule has 0 saturated carbocycles. The van der Waals surface area contributed by atoms with E-state index in [1.54, 1.807) is 24.4 Å². The summed E-state index contributed by atoms with van der Waals surface area (Å²) < 4.78 is 28.4. The number of pyridine rings is 2. The highest BCUT2D eigenvalue weighted by atomic mass is 32.2. The smallest absolute Gasteiger partial charge is 0.264 e. The number of nitrogens with zero attached hydrogens (tertiary/aromatic N) is 4. The van der Waals surface area contributed by atoms with Crippen LogP contribution in [0.5, 0.6) is 0 Å². The van der Waals surface area contributed by atoms with Crippen LogP contribution in [0.4, 0.5) is 11.6 Å². The maximum absolute atomic E-state index is 12.7. The Hall–Kier alpha value is -4.12. The molecule has 0 fully saturated rings. The van der Waals surface area contributed by atoms with Gasteiger partial charge >= 0.3 is 0 Å². The van der Waals surface area contributed by atoms with Crippen LogP contribution < -0.4 is 15.6 Å². The number of hydrogen-bond acceptors (Lipinski definition) is 7. The zero-order valence-corrected chi connectivity index (χ0v) is 17.0. The van der Waals surface area contributed by atoms with Crippen molar-refractivity contribution in [1.29, 1.82) is 0 Å². The lowest BCUT2D eigenvalue weighted by Gasteiger charge is -2.10. The predicted molar refractivity (Wildman–Crippen MR) is 114 cm³/mol. The summed E-state index contributed by atoms with van der Waals surface area (Å²) in [4.78, 5) is 37.0. The van der Waals surface area contributed by atoms with Gasteiger partial charge in [0.25, 0.3) is 21.5 Å². The summed E-state index contributed by atoms with van der Waals surface area (Å²) in [6.07, 6.45) is 4.39. The summed E-state index contributed by atoms with van der Waals surface area (Å²) in [5, 5.41) is 3.25. The Labute approximate surface area is 176 Å². The van der Waals surface area contributed by atoms with Crippen molar-refractivity contribution >= 4 is 38.6 Å². The molecule has 0 aliphatic heterocycles. The van der Waals surface area contributed by atoms with Gasteiger partial charge in [-0.3, -0.25) is 14.2 Å². The zero-order chi connectivity index (χ0) is 22.0. The monoisotopic (exact) mass is 436 g/mol. The molecule has 0 aliphatic rings. The third-order valence-electron chi connectivity index (χ3n) is 4.43. The van der Waals surface area contributed by atoms with Gasteiger partial charge in [-0.2, -0.15) is 0 Å². The van der Waals surface area contributed by atoms with Crippen molar-refractivity contribution < 1.29 is 13.2 Å². The van der Waals surface area contributed by atoms with Gasteiger partial charge < -0.3 is 5.32 Å². The Bertz CT molecular complexity index is 1430. The zero-order valence-electron chi connectivity index (χ0n) is 16.2. The van der Waals surface area contributed by atoms with E-state index in [2.05, 4.69) is 25.0 Å². The minimum atomic E-state index is -3.90. The maximum Gasteiger partial charge on any atom is 0.264 e. The van der Waals surface area contributed by atoms with Gasteiger partial charge in [0.05, 0.1) is 4.90 Å². The summed E-state index contributed by atoms with van der Waals surface area (Å²) in [6, 6.07) is 12.0. The van der Waals surface area contributed by atoms with Gasteiger partial charge in [-0.1, -0.05) is 0 Å². The molecule has 31 heavy (non-hydrogen) atoms. The fourth-order valence-electron chi connectivity index (χ4n) is 2.91. The highest BCUT2D eigenvalue weighted by Crippen LogP contribution is 2.17. The number of hydrogen-bond donors (Lipinski definition) is 2. The van der Waals surface area contributed by atoms with Crippen LogP contribution in [0.2, 0.25) is 0 Å². The van der Waals surface area contributed by atoms with Crippen molar-refractivity contribution in [1.82, 2.24) is 19.5 Å². The predicted octanol–water partition coefficient (Wildman–Crippen LogP) is 1.78. The highest BCUT2D eigenvalue weighted by molar-refractivity contribution is 7.92. The molecule has 0 aliphatic carbocycles. The molecule has 11 heteroatoms. The minimum Gasteiger partial charge on any atom is -0.322 e. The molecule has 3 aromatic heterocycles. The standard InChI is InChI=1S/C20H16N6O4S/c1-26-17-13(4-2-9-21-17)12-16(19(26)28)18(27)24-14-5-7-15(8-6-14)31(29,30)25-20-22-10-3-11-23-20/h2-12H,1H3,(H,24,27)(H,22,23,25). The molecule has 10 nitrogen and oxygen atoms in total. The highest BCUT2D eigenvalue weighted by Gasteiger charge is 2.17. The summed E-state index contributed by atoms with van der Waals surface area (Å²) >= 11 is 0. The van der Waals surface area contributed by atoms with Crippen molar-refractivity contribution in [3.05, 3.63) is 83.0 Å². The number of rotatable bonds is 5. The number of anilines is 2. The summed E-state index contributed by atoms with van der Waals surface area (Å²) in [7, 11) is -2.36. The van der Waals surface area contributed by atoms with Crippen molar-refractivity contribution in [2.45, 2.75) is 4.90 Å². The fourth-order valence-corrected chi connectivity index (χ4v) is 3.86. The summed E-state index contributed by atoms with van der Waals surface area (Å²) in [6.45, 7) is 0. The molecule has 156 valence electrons. The lowest BCUT2D eigenvalue weighted by atomic mass is 10.2. The van der Waals surface area contributed by atoms with Gasteiger partial charge in [0.15, 0.2) is 0 Å². The Morgan fingerprint density at radius 2 is 1.65 bits per heavy atom. The Balaban J connectivity index is 1.56. The van der Waals surface area contributed by atoms with E-state index in [1.165, 1.54) is 54.3 Å². The number of aryl methyl sites for hydroxylation is 1. The number of carbonyl (C=O) groups is 1. The van der Waals surface area contributed by atoms with Crippen LogP contribution in [-0.2, 0) is 17.1 Å². The summed E-state index contributed by atoms with van der Waals surface area (Å²) in [5.41, 5.74) is 0.249. The lowest BCUT2D eigenvalue weighted by Crippen LogP contribution is -2.28. The molecule has 0 atom stereocenters. The Kier molecular flexibility index (Phi) is 5.17. The molecular formula is C20H16N6O4S. The van der Waals surface area contributed by atoms with Crippen LogP contribution in [0.15, 0.2) is 76.8 Å². The van der Waals surface area contributed by atoms with Gasteiger partial charge in [0.1, 0.15) is 11.2 Å². The number of benzene rings is 1. The Morgan fingerprint density at radius 3 is 2.35 bits per heavy atom. The number of aromatic nitrogens is 4. The van der Waals surface area contributed by atoms with E-state index in [0.717, 1.165) is 0 Å². The molecule has 1 amide bonds. The van der Waals surface area contributed by atoms with Gasteiger partial charge in [-0.05, 0) is 48.5 Å². The van der Waals surface area contributed by atoms with E-state index in [1.807, 2.05) is 0 Å². The minimum absolute atomic E-state index is 0.0364. The topological polar surface area (TPSA) is 136 Å². The molecule has 0 radical (unpaired) electrons. The van der Waals surface area contributed by atoms with Gasteiger partial charge in [-0.15, -0.1) is 0 Å². The second kappa shape index (κ2) is 7.95. The first-order valence-corrected chi connectivity index (χ1v) is 10.5. The van der Waals surface area contributed by atoms with Crippen LogP contribution in [0.25, 0.3) is 11.0 Å². The largest absolute Gasteiger partial charge is 0.322 e. The quantitative estimate of drug-likeness (QED) is 0.487. The first-order valence-electron chi connectivity index (χ1n) is 9.01.